The maximum Gasteiger partial charge on any atom is 0.256 e. The van der Waals surface area contributed by atoms with Crippen molar-refractivity contribution in [1.82, 2.24) is 19.9 Å². The lowest BCUT2D eigenvalue weighted by atomic mass is 9.93. The summed E-state index contributed by atoms with van der Waals surface area (Å²) >= 11 is 0. The van der Waals surface area contributed by atoms with E-state index < -0.39 is 5.60 Å². The van der Waals surface area contributed by atoms with Crippen molar-refractivity contribution in [1.29, 1.82) is 0 Å². The van der Waals surface area contributed by atoms with Crippen LogP contribution in [0.4, 0.5) is 0 Å². The molecule has 8 nitrogen and oxygen atoms in total. The first-order chi connectivity index (χ1) is 17.8. The molecule has 0 bridgehead atoms. The Labute approximate surface area is 218 Å². The Morgan fingerprint density at radius 3 is 2.46 bits per heavy atom. The molecule has 0 unspecified atom stereocenters. The molecule has 0 aliphatic carbocycles. The summed E-state index contributed by atoms with van der Waals surface area (Å²) in [6, 6.07) is 17.3. The van der Waals surface area contributed by atoms with Crippen molar-refractivity contribution < 1.29 is 14.6 Å². The normalized spacial score (nSPS) is 19.1. The van der Waals surface area contributed by atoms with Crippen LogP contribution in [0.2, 0.25) is 0 Å². The number of aliphatic hydroxyl groups is 1. The van der Waals surface area contributed by atoms with E-state index >= 15 is 0 Å². The quantitative estimate of drug-likeness (QED) is 0.355. The Morgan fingerprint density at radius 1 is 1.11 bits per heavy atom. The Bertz CT molecular complexity index is 1250. The highest BCUT2D eigenvalue weighted by molar-refractivity contribution is 5.98. The van der Waals surface area contributed by atoms with Crippen LogP contribution < -0.4 is 0 Å². The third kappa shape index (κ3) is 6.51. The number of methoxy groups -OCH3 is 1. The lowest BCUT2D eigenvalue weighted by molar-refractivity contribution is 0.0606. The zero-order chi connectivity index (χ0) is 26.4. The first-order valence-corrected chi connectivity index (χ1v) is 12.6. The van der Waals surface area contributed by atoms with Crippen LogP contribution in [0, 0.1) is 5.92 Å². The van der Waals surface area contributed by atoms with Gasteiger partial charge in [-0.3, -0.25) is 9.79 Å². The molecule has 0 spiro atoms. The second kappa shape index (κ2) is 11.5. The van der Waals surface area contributed by atoms with E-state index in [9.17, 15) is 9.90 Å². The summed E-state index contributed by atoms with van der Waals surface area (Å²) in [6.45, 7) is 6.15. The van der Waals surface area contributed by atoms with E-state index in [4.69, 9.17) is 9.73 Å². The van der Waals surface area contributed by atoms with E-state index in [1.54, 1.807) is 33.4 Å². The van der Waals surface area contributed by atoms with E-state index in [0.29, 0.717) is 35.7 Å². The second-order valence-corrected chi connectivity index (χ2v) is 10.1. The molecule has 1 aromatic heterocycles. The Morgan fingerprint density at radius 2 is 1.78 bits per heavy atom. The molecule has 0 saturated carbocycles. The molecular formula is C29H35N5O3. The average molecular weight is 502 g/mol. The Kier molecular flexibility index (Phi) is 8.18. The van der Waals surface area contributed by atoms with Gasteiger partial charge in [-0.2, -0.15) is 15.0 Å². The highest BCUT2D eigenvalue weighted by Crippen LogP contribution is 2.29. The maximum absolute atomic E-state index is 13.7. The number of nitrogens with zero attached hydrogens (tertiary/aromatic N) is 5. The van der Waals surface area contributed by atoms with E-state index in [1.165, 1.54) is 4.80 Å². The standard InChI is InChI=1S/C29H35N5O3/c1-21-14-15-22(19-30-25(18-29(2,3)36)27(37-4)23-10-6-5-7-11-23)20-33(21)28(35)24-12-8-9-13-26(24)34-31-16-17-32-34/h5-13,16-17,19,21-22,36H,14-15,18,20H2,1-4H3/b27-25-,30-19?/t21-,22+/m1/s1. The Hall–Kier alpha value is -3.78. The lowest BCUT2D eigenvalue weighted by Crippen LogP contribution is -2.46. The first kappa shape index (κ1) is 26.3. The molecule has 194 valence electrons. The lowest BCUT2D eigenvalue weighted by Gasteiger charge is -2.37. The molecule has 8 heteroatoms. The van der Waals surface area contributed by atoms with Crippen LogP contribution in [-0.2, 0) is 4.74 Å². The van der Waals surface area contributed by atoms with Crippen molar-refractivity contribution >= 4 is 17.9 Å². The van der Waals surface area contributed by atoms with Gasteiger partial charge < -0.3 is 14.7 Å². The van der Waals surface area contributed by atoms with E-state index in [1.807, 2.05) is 65.7 Å². The average Bonchev–Trinajstić information content (AvgIpc) is 3.43. The first-order valence-electron chi connectivity index (χ1n) is 12.6. The number of carbonyl (C=O) groups is 1. The van der Waals surface area contributed by atoms with Crippen LogP contribution in [0.5, 0.6) is 0 Å². The van der Waals surface area contributed by atoms with E-state index in [0.717, 1.165) is 18.4 Å². The van der Waals surface area contributed by atoms with Crippen molar-refractivity contribution in [3.63, 3.8) is 0 Å². The van der Waals surface area contributed by atoms with Crippen molar-refractivity contribution in [2.24, 2.45) is 10.9 Å². The van der Waals surface area contributed by atoms with Crippen LogP contribution in [0.3, 0.4) is 0 Å². The SMILES string of the molecule is CO/C(=C(/CC(C)(C)O)N=C[C@@H]1CC[C@@H](C)N(C(=O)c2ccccc2-n2nccn2)C1)c1ccccc1. The van der Waals surface area contributed by atoms with Crippen LogP contribution in [0.25, 0.3) is 11.4 Å². The number of aromatic nitrogens is 3. The summed E-state index contributed by atoms with van der Waals surface area (Å²) < 4.78 is 5.74. The van der Waals surface area contributed by atoms with Gasteiger partial charge in [0.25, 0.3) is 5.91 Å². The molecule has 1 fully saturated rings. The predicted octanol–water partition coefficient (Wildman–Crippen LogP) is 4.76. The van der Waals surface area contributed by atoms with Crippen molar-refractivity contribution in [2.45, 2.75) is 51.7 Å². The Balaban J connectivity index is 1.60. The minimum Gasteiger partial charge on any atom is -0.494 e. The molecule has 1 N–H and O–H groups in total. The van der Waals surface area contributed by atoms with Crippen LogP contribution in [0.1, 0.15) is 56.0 Å². The number of benzene rings is 2. The molecule has 3 aromatic rings. The number of ether oxygens (including phenoxy) is 1. The van der Waals surface area contributed by atoms with E-state index in [2.05, 4.69) is 17.1 Å². The van der Waals surface area contributed by atoms with Gasteiger partial charge in [-0.15, -0.1) is 0 Å². The molecule has 1 aliphatic heterocycles. The molecule has 37 heavy (non-hydrogen) atoms. The van der Waals surface area contributed by atoms with Crippen LogP contribution in [-0.4, -0.2) is 62.4 Å². The third-order valence-corrected chi connectivity index (χ3v) is 6.49. The number of hydrogen-bond donors (Lipinski definition) is 1. The number of carbonyl (C=O) groups excluding carboxylic acids is 1. The van der Waals surface area contributed by atoms with Gasteiger partial charge in [-0.1, -0.05) is 42.5 Å². The fourth-order valence-corrected chi connectivity index (χ4v) is 4.65. The second-order valence-electron chi connectivity index (χ2n) is 10.1. The maximum atomic E-state index is 13.7. The summed E-state index contributed by atoms with van der Waals surface area (Å²) in [7, 11) is 1.62. The van der Waals surface area contributed by atoms with Crippen molar-refractivity contribution in [2.75, 3.05) is 13.7 Å². The van der Waals surface area contributed by atoms with Gasteiger partial charge in [0.2, 0.25) is 0 Å². The van der Waals surface area contributed by atoms with Gasteiger partial charge in [0.15, 0.2) is 0 Å². The number of amides is 1. The highest BCUT2D eigenvalue weighted by Gasteiger charge is 2.31. The van der Waals surface area contributed by atoms with Gasteiger partial charge in [0, 0.05) is 36.7 Å². The van der Waals surface area contributed by atoms with Gasteiger partial charge in [0.05, 0.1) is 42.1 Å². The van der Waals surface area contributed by atoms with Gasteiger partial charge >= 0.3 is 0 Å². The predicted molar refractivity (Wildman–Crippen MR) is 144 cm³/mol. The molecule has 2 heterocycles. The molecule has 2 aromatic carbocycles. The van der Waals surface area contributed by atoms with E-state index in [-0.39, 0.29) is 17.9 Å². The summed E-state index contributed by atoms with van der Waals surface area (Å²) in [5.41, 5.74) is 1.84. The number of para-hydroxylation sites is 1. The number of hydrogen-bond acceptors (Lipinski definition) is 6. The summed E-state index contributed by atoms with van der Waals surface area (Å²) in [5.74, 6) is 0.658. The summed E-state index contributed by atoms with van der Waals surface area (Å²) in [5, 5.41) is 19.0. The van der Waals surface area contributed by atoms with Gasteiger partial charge in [-0.05, 0) is 45.7 Å². The summed E-state index contributed by atoms with van der Waals surface area (Å²) in [4.78, 5) is 21.9. The zero-order valence-corrected chi connectivity index (χ0v) is 21.9. The number of aliphatic imine (C=N–C) groups is 1. The molecule has 1 aliphatic rings. The van der Waals surface area contributed by atoms with Crippen LogP contribution >= 0.6 is 0 Å². The zero-order valence-electron chi connectivity index (χ0n) is 21.9. The largest absolute Gasteiger partial charge is 0.494 e. The fraction of sp³-hybridized carbons (Fsp3) is 0.379. The fourth-order valence-electron chi connectivity index (χ4n) is 4.65. The van der Waals surface area contributed by atoms with Crippen LogP contribution in [0.15, 0.2) is 77.7 Å². The van der Waals surface area contributed by atoms with Crippen molar-refractivity contribution in [3.8, 4) is 5.69 Å². The molecule has 1 amide bonds. The third-order valence-electron chi connectivity index (χ3n) is 6.49. The monoisotopic (exact) mass is 501 g/mol. The molecule has 1 saturated heterocycles. The minimum atomic E-state index is -0.960. The highest BCUT2D eigenvalue weighted by atomic mass is 16.5. The smallest absolute Gasteiger partial charge is 0.256 e. The topological polar surface area (TPSA) is 92.8 Å². The number of likely N-dealkylation sites (tertiary alicyclic amines) is 1. The minimum absolute atomic E-state index is 0.0485. The molecule has 0 radical (unpaired) electrons. The number of rotatable bonds is 8. The summed E-state index contributed by atoms with van der Waals surface area (Å²) in [6.07, 6.45) is 7.22. The van der Waals surface area contributed by atoms with Crippen molar-refractivity contribution in [3.05, 3.63) is 83.8 Å². The van der Waals surface area contributed by atoms with Gasteiger partial charge in [0.1, 0.15) is 5.76 Å². The molecule has 2 atom stereocenters. The van der Waals surface area contributed by atoms with Gasteiger partial charge in [-0.25, -0.2) is 0 Å². The molecular weight excluding hydrogens is 466 g/mol. The molecule has 4 rings (SSSR count). The number of piperidine rings is 1.